The van der Waals surface area contributed by atoms with Crippen molar-refractivity contribution < 1.29 is 32.8 Å². The van der Waals surface area contributed by atoms with Gasteiger partial charge in [0.15, 0.2) is 6.10 Å². The Morgan fingerprint density at radius 2 is 1.94 bits per heavy atom. The highest BCUT2D eigenvalue weighted by atomic mass is 19.1. The Morgan fingerprint density at radius 1 is 1.14 bits per heavy atom. The number of nitriles is 1. The second-order valence-corrected chi connectivity index (χ2v) is 8.72. The van der Waals surface area contributed by atoms with E-state index in [1.54, 1.807) is 6.07 Å². The molecule has 10 heteroatoms. The molecule has 0 radical (unpaired) electrons. The highest BCUT2D eigenvalue weighted by molar-refractivity contribution is 5.87. The molecule has 180 valence electrons. The maximum Gasteiger partial charge on any atom is 0.212 e. The lowest BCUT2D eigenvalue weighted by Crippen LogP contribution is -2.34. The number of H-pyrrole nitrogens is 1. The van der Waals surface area contributed by atoms with Crippen LogP contribution in [0.15, 0.2) is 30.3 Å². The zero-order valence-corrected chi connectivity index (χ0v) is 18.5. The molecule has 0 amide bonds. The number of hydrogen-bond acceptors (Lipinski definition) is 7. The first-order valence-corrected chi connectivity index (χ1v) is 11.3. The van der Waals surface area contributed by atoms with E-state index in [2.05, 4.69) is 16.0 Å². The van der Waals surface area contributed by atoms with E-state index < -0.39 is 36.1 Å². The molecule has 3 aliphatic rings. The first-order chi connectivity index (χ1) is 17.0. The molecular formula is C25H21F2N3O5. The summed E-state index contributed by atoms with van der Waals surface area (Å²) in [4.78, 5) is 7.41. The van der Waals surface area contributed by atoms with E-state index in [1.165, 1.54) is 18.2 Å². The summed E-state index contributed by atoms with van der Waals surface area (Å²) in [5.74, 6) is -1.32. The van der Waals surface area contributed by atoms with E-state index in [0.29, 0.717) is 30.7 Å². The van der Waals surface area contributed by atoms with Crippen molar-refractivity contribution in [2.24, 2.45) is 0 Å². The molecule has 0 saturated carbocycles. The molecule has 3 aromatic rings. The van der Waals surface area contributed by atoms with E-state index in [1.807, 2.05) is 6.08 Å². The minimum absolute atomic E-state index is 0.0635. The Morgan fingerprint density at radius 3 is 2.69 bits per heavy atom. The Balaban J connectivity index is 1.34. The summed E-state index contributed by atoms with van der Waals surface area (Å²) in [5.41, 5.74) is 1.92. The lowest BCUT2D eigenvalue weighted by molar-refractivity contribution is 0.00789. The normalized spacial score (nSPS) is 25.9. The molecule has 8 nitrogen and oxygen atoms in total. The van der Waals surface area contributed by atoms with Crippen LogP contribution in [0, 0.1) is 23.0 Å². The molecule has 2 aromatic heterocycles. The minimum Gasteiger partial charge on any atom is -0.469 e. The van der Waals surface area contributed by atoms with Crippen LogP contribution in [0.5, 0.6) is 5.88 Å². The second-order valence-electron chi connectivity index (χ2n) is 8.72. The maximum absolute atomic E-state index is 15.1. The highest BCUT2D eigenvalue weighted by Gasteiger charge is 2.48. The number of halogens is 2. The first kappa shape index (κ1) is 22.1. The molecule has 35 heavy (non-hydrogen) atoms. The highest BCUT2D eigenvalue weighted by Crippen LogP contribution is 2.35. The van der Waals surface area contributed by atoms with Gasteiger partial charge in [-0.2, -0.15) is 5.26 Å². The summed E-state index contributed by atoms with van der Waals surface area (Å²) in [6.45, 7) is 1.26. The monoisotopic (exact) mass is 481 g/mol. The van der Waals surface area contributed by atoms with Gasteiger partial charge in [-0.3, -0.25) is 0 Å². The van der Waals surface area contributed by atoms with Gasteiger partial charge >= 0.3 is 0 Å². The van der Waals surface area contributed by atoms with Gasteiger partial charge in [-0.1, -0.05) is 6.08 Å². The molecule has 0 bridgehead atoms. The number of hydrogen-bond donors (Lipinski definition) is 2. The molecule has 6 rings (SSSR count). The minimum atomic E-state index is -0.740. The molecule has 0 spiro atoms. The van der Waals surface area contributed by atoms with E-state index >= 15 is 8.78 Å². The molecule has 3 aliphatic heterocycles. The van der Waals surface area contributed by atoms with E-state index in [4.69, 9.17) is 18.9 Å². The van der Waals surface area contributed by atoms with Crippen LogP contribution >= 0.6 is 0 Å². The Hall–Kier alpha value is -3.36. The van der Waals surface area contributed by atoms with Crippen LogP contribution in [0.1, 0.15) is 17.5 Å². The van der Waals surface area contributed by atoms with Gasteiger partial charge in [0.1, 0.15) is 47.1 Å². The zero-order chi connectivity index (χ0) is 24.1. The van der Waals surface area contributed by atoms with Gasteiger partial charge in [-0.05, 0) is 41.8 Å². The average molecular weight is 481 g/mol. The molecule has 1 aromatic carbocycles. The molecule has 0 aliphatic carbocycles. The summed E-state index contributed by atoms with van der Waals surface area (Å²) in [7, 11) is 0. The zero-order valence-electron chi connectivity index (χ0n) is 18.5. The number of pyridine rings is 1. The number of rotatable bonds is 4. The summed E-state index contributed by atoms with van der Waals surface area (Å²) in [5, 5.41) is 19.7. The quantitative estimate of drug-likeness (QED) is 0.589. The van der Waals surface area contributed by atoms with Crippen LogP contribution in [0.2, 0.25) is 0 Å². The van der Waals surface area contributed by atoms with Crippen LogP contribution in [0.25, 0.3) is 27.9 Å². The molecule has 2 fully saturated rings. The molecule has 4 atom stereocenters. The van der Waals surface area contributed by atoms with Gasteiger partial charge in [0.2, 0.25) is 5.88 Å². The maximum atomic E-state index is 15.1. The van der Waals surface area contributed by atoms with Crippen molar-refractivity contribution in [2.75, 3.05) is 26.4 Å². The van der Waals surface area contributed by atoms with E-state index in [-0.39, 0.29) is 41.4 Å². The Kier molecular flexibility index (Phi) is 5.50. The van der Waals surface area contributed by atoms with Crippen molar-refractivity contribution in [3.8, 4) is 23.2 Å². The topological polar surface area (TPSA) is 110 Å². The predicted octanol–water partition coefficient (Wildman–Crippen LogP) is 3.09. The van der Waals surface area contributed by atoms with Crippen molar-refractivity contribution in [1.29, 1.82) is 5.26 Å². The van der Waals surface area contributed by atoms with Crippen molar-refractivity contribution in [3.05, 3.63) is 53.1 Å². The fourth-order valence-electron chi connectivity index (χ4n) is 4.86. The molecule has 5 heterocycles. The van der Waals surface area contributed by atoms with Crippen LogP contribution in [-0.2, 0) is 14.2 Å². The molecule has 2 N–H and O–H groups in total. The fraction of sp³-hybridized carbons (Fsp3) is 0.360. The third-order valence-corrected chi connectivity index (χ3v) is 6.60. The number of nitrogens with zero attached hydrogens (tertiary/aromatic N) is 2. The number of aliphatic hydroxyl groups is 1. The number of nitrogens with one attached hydrogen (secondary N) is 1. The van der Waals surface area contributed by atoms with Crippen LogP contribution in [0.4, 0.5) is 8.78 Å². The van der Waals surface area contributed by atoms with E-state index in [0.717, 1.165) is 5.57 Å². The smallest absolute Gasteiger partial charge is 0.212 e. The van der Waals surface area contributed by atoms with Gasteiger partial charge in [0.05, 0.1) is 43.2 Å². The third-order valence-electron chi connectivity index (χ3n) is 6.60. The van der Waals surface area contributed by atoms with Gasteiger partial charge < -0.3 is 29.0 Å². The number of aromatic amines is 1. The van der Waals surface area contributed by atoms with Crippen molar-refractivity contribution in [1.82, 2.24) is 9.97 Å². The number of ether oxygens (including phenoxy) is 4. The Bertz CT molecular complexity index is 1360. The van der Waals surface area contributed by atoms with Crippen molar-refractivity contribution in [3.63, 3.8) is 0 Å². The standard InChI is InChI=1S/C25H21F2N3O5/c26-15-7-13(12-3-5-32-6-4-12)8-16(27)21(15)17-1-2-18-22(29-17)14(9-28)25(30-18)35-20-11-34-23-19(31)10-33-24(20)23/h1-3,7-8,19-20,23-24,30-31H,4-6,10-11H2/t19-,20-,23?,24-/m1/s1. The Labute approximate surface area is 198 Å². The largest absolute Gasteiger partial charge is 0.469 e. The number of benzene rings is 1. The average Bonchev–Trinajstić information content (AvgIpc) is 3.54. The van der Waals surface area contributed by atoms with Crippen molar-refractivity contribution in [2.45, 2.75) is 30.8 Å². The summed E-state index contributed by atoms with van der Waals surface area (Å²) >= 11 is 0. The third kappa shape index (κ3) is 3.77. The summed E-state index contributed by atoms with van der Waals surface area (Å²) in [6, 6.07) is 7.75. The molecular weight excluding hydrogens is 460 g/mol. The van der Waals surface area contributed by atoms with Gasteiger partial charge in [-0.25, -0.2) is 13.8 Å². The van der Waals surface area contributed by atoms with E-state index in [9.17, 15) is 10.4 Å². The van der Waals surface area contributed by atoms with Crippen molar-refractivity contribution >= 4 is 16.6 Å². The lowest BCUT2D eigenvalue weighted by Gasteiger charge is -2.16. The molecule has 2 saturated heterocycles. The number of aliphatic hydroxyl groups excluding tert-OH is 1. The lowest BCUT2D eigenvalue weighted by atomic mass is 9.98. The summed E-state index contributed by atoms with van der Waals surface area (Å²) < 4.78 is 52.6. The van der Waals surface area contributed by atoms with Crippen LogP contribution in [0.3, 0.4) is 0 Å². The SMILES string of the molecule is N#Cc1c(O[C@@H]2COC3[C@H](O)CO[C@@H]32)[nH]c2ccc(-c3c(F)cc(C4=CCOCC4)cc3F)nc12. The summed E-state index contributed by atoms with van der Waals surface area (Å²) in [6.07, 6.45) is 0.201. The van der Waals surface area contributed by atoms with Crippen LogP contribution in [-0.4, -0.2) is 65.9 Å². The first-order valence-electron chi connectivity index (χ1n) is 11.3. The fourth-order valence-corrected chi connectivity index (χ4v) is 4.86. The number of fused-ring (bicyclic) bond motifs is 2. The number of aromatic nitrogens is 2. The van der Waals surface area contributed by atoms with Gasteiger partial charge in [-0.15, -0.1) is 0 Å². The van der Waals surface area contributed by atoms with Gasteiger partial charge in [0, 0.05) is 0 Å². The predicted molar refractivity (Wildman–Crippen MR) is 119 cm³/mol. The van der Waals surface area contributed by atoms with Crippen LogP contribution < -0.4 is 4.74 Å². The second kappa shape index (κ2) is 8.70. The van der Waals surface area contributed by atoms with Gasteiger partial charge in [0.25, 0.3) is 0 Å². The molecule has 1 unspecified atom stereocenters.